The minimum absolute atomic E-state index is 0.922. The van der Waals surface area contributed by atoms with Crippen molar-refractivity contribution in [3.8, 4) is 0 Å². The molecule has 0 aromatic heterocycles. The Bertz CT molecular complexity index is 153. The summed E-state index contributed by atoms with van der Waals surface area (Å²) in [5.41, 5.74) is 0. The standard InChI is InChI=1S/C4H6I3NO3/c1-2(9)4(5,3(10)11)8(6)7/h2,9H,1H3,(H,10,11)/t2-,4+/m1/s1. The highest BCUT2D eigenvalue weighted by Gasteiger charge is 2.45. The zero-order valence-corrected chi connectivity index (χ0v) is 11.9. The quantitative estimate of drug-likeness (QED) is 0.270. The lowest BCUT2D eigenvalue weighted by atomic mass is 10.2. The Morgan fingerprint density at radius 2 is 2.00 bits per heavy atom. The molecule has 0 heterocycles. The molecule has 7 heteroatoms. The number of hydrogen-bond acceptors (Lipinski definition) is 3. The Kier molecular flexibility index (Phi) is 5.39. The van der Waals surface area contributed by atoms with Gasteiger partial charge in [0.15, 0.2) is 0 Å². The van der Waals surface area contributed by atoms with E-state index in [4.69, 9.17) is 5.11 Å². The van der Waals surface area contributed by atoms with E-state index in [0.29, 0.717) is 0 Å². The van der Waals surface area contributed by atoms with Crippen molar-refractivity contribution in [2.75, 3.05) is 0 Å². The van der Waals surface area contributed by atoms with E-state index >= 15 is 0 Å². The predicted molar refractivity (Wildman–Crippen MR) is 65.9 cm³/mol. The molecule has 2 atom stereocenters. The molecule has 0 radical (unpaired) electrons. The molecule has 0 spiro atoms. The number of carboxylic acid groups (broad SMARTS) is 1. The maximum absolute atomic E-state index is 10.7. The van der Waals surface area contributed by atoms with Gasteiger partial charge in [-0.05, 0) is 29.5 Å². The number of aliphatic carboxylic acids is 1. The Morgan fingerprint density at radius 1 is 1.64 bits per heavy atom. The van der Waals surface area contributed by atoms with Crippen molar-refractivity contribution in [3.05, 3.63) is 0 Å². The van der Waals surface area contributed by atoms with Crippen molar-refractivity contribution in [2.45, 2.75) is 16.6 Å². The molecule has 2 N–H and O–H groups in total. The molecule has 0 aromatic rings. The third kappa shape index (κ3) is 2.77. The van der Waals surface area contributed by atoms with Gasteiger partial charge in [0, 0.05) is 45.7 Å². The molecule has 0 amide bonds. The summed E-state index contributed by atoms with van der Waals surface area (Å²) in [6, 6.07) is 0. The van der Waals surface area contributed by atoms with E-state index in [1.807, 2.05) is 45.7 Å². The number of hydrogen-bond donors (Lipinski definition) is 2. The van der Waals surface area contributed by atoms with Crippen molar-refractivity contribution >= 4 is 74.3 Å². The van der Waals surface area contributed by atoms with Crippen LogP contribution in [-0.2, 0) is 4.79 Å². The number of aliphatic hydroxyl groups is 1. The van der Waals surface area contributed by atoms with Crippen LogP contribution in [0.15, 0.2) is 0 Å². The minimum Gasteiger partial charge on any atom is -0.479 e. The average Bonchev–Trinajstić information content (AvgIpc) is 1.84. The largest absolute Gasteiger partial charge is 0.479 e. The van der Waals surface area contributed by atoms with Crippen LogP contribution in [0.2, 0.25) is 0 Å². The molecular formula is C4H6I3NO3. The number of carbonyl (C=O) groups is 1. The van der Waals surface area contributed by atoms with Crippen LogP contribution in [0.5, 0.6) is 0 Å². The van der Waals surface area contributed by atoms with E-state index < -0.39 is 15.6 Å². The number of aliphatic hydroxyl groups excluding tert-OH is 1. The summed E-state index contributed by atoms with van der Waals surface area (Å²) >= 11 is 5.35. The van der Waals surface area contributed by atoms with Gasteiger partial charge in [-0.3, -0.25) is 0 Å². The van der Waals surface area contributed by atoms with Gasteiger partial charge < -0.3 is 10.2 Å². The second kappa shape index (κ2) is 4.72. The summed E-state index contributed by atoms with van der Waals surface area (Å²) in [5.74, 6) is -1.04. The van der Waals surface area contributed by atoms with Crippen LogP contribution >= 0.6 is 68.3 Å². The summed E-state index contributed by atoms with van der Waals surface area (Å²) in [6.07, 6.45) is -0.922. The monoisotopic (exact) mass is 497 g/mol. The van der Waals surface area contributed by atoms with Gasteiger partial charge in [-0.25, -0.2) is 4.79 Å². The molecule has 0 aromatic carbocycles. The second-order valence-corrected chi connectivity index (χ2v) is 7.31. The number of alkyl halides is 1. The molecule has 0 rings (SSSR count). The number of carboxylic acids is 1. The number of nitrogens with zero attached hydrogens (tertiary/aromatic N) is 1. The molecule has 4 nitrogen and oxygen atoms in total. The van der Waals surface area contributed by atoms with Gasteiger partial charge in [0.2, 0.25) is 3.55 Å². The molecule has 66 valence electrons. The average molecular weight is 497 g/mol. The molecule has 0 aliphatic carbocycles. The smallest absolute Gasteiger partial charge is 0.338 e. The fourth-order valence-corrected chi connectivity index (χ4v) is 1.61. The van der Waals surface area contributed by atoms with Crippen molar-refractivity contribution in [2.24, 2.45) is 0 Å². The lowest BCUT2D eigenvalue weighted by Crippen LogP contribution is -2.48. The first kappa shape index (κ1) is 12.6. The SMILES string of the molecule is C[C@@H](O)[C@@](I)(C(=O)O)N(I)I. The van der Waals surface area contributed by atoms with Crippen molar-refractivity contribution < 1.29 is 15.0 Å². The fourth-order valence-electron chi connectivity index (χ4n) is 0.392. The Balaban J connectivity index is 4.67. The van der Waals surface area contributed by atoms with Crippen molar-refractivity contribution in [1.29, 1.82) is 0 Å². The maximum Gasteiger partial charge on any atom is 0.338 e. The molecule has 0 unspecified atom stereocenters. The van der Waals surface area contributed by atoms with Gasteiger partial charge >= 0.3 is 5.97 Å². The molecule has 0 saturated carbocycles. The van der Waals surface area contributed by atoms with Crippen LogP contribution in [0.1, 0.15) is 6.92 Å². The van der Waals surface area contributed by atoms with E-state index in [2.05, 4.69) is 0 Å². The van der Waals surface area contributed by atoms with Gasteiger partial charge in [-0.2, -0.15) is 1.33 Å². The topological polar surface area (TPSA) is 60.8 Å². The van der Waals surface area contributed by atoms with Crippen LogP contribution in [0.25, 0.3) is 0 Å². The molecule has 0 saturated heterocycles. The zero-order chi connectivity index (χ0) is 9.23. The Labute approximate surface area is 106 Å². The van der Waals surface area contributed by atoms with Crippen LogP contribution in [0, 0.1) is 0 Å². The Morgan fingerprint density at radius 3 is 2.00 bits per heavy atom. The first-order valence-electron chi connectivity index (χ1n) is 2.55. The number of halogens is 3. The fraction of sp³-hybridized carbons (Fsp3) is 0.750. The van der Waals surface area contributed by atoms with E-state index in [1.165, 1.54) is 8.25 Å². The molecule has 0 bridgehead atoms. The summed E-state index contributed by atoms with van der Waals surface area (Å²) < 4.78 is 0.162. The van der Waals surface area contributed by atoms with E-state index in [0.717, 1.165) is 0 Å². The normalized spacial score (nSPS) is 19.5. The lowest BCUT2D eigenvalue weighted by Gasteiger charge is -2.28. The second-order valence-electron chi connectivity index (χ2n) is 1.89. The third-order valence-electron chi connectivity index (χ3n) is 1.10. The van der Waals surface area contributed by atoms with E-state index in [1.54, 1.807) is 22.6 Å². The third-order valence-corrected chi connectivity index (χ3v) is 6.31. The highest BCUT2D eigenvalue weighted by molar-refractivity contribution is 14.2. The maximum atomic E-state index is 10.7. The zero-order valence-electron chi connectivity index (χ0n) is 5.46. The molecular weight excluding hydrogens is 491 g/mol. The molecule has 0 aliphatic heterocycles. The lowest BCUT2D eigenvalue weighted by molar-refractivity contribution is -0.143. The van der Waals surface area contributed by atoms with E-state index in [9.17, 15) is 9.90 Å². The van der Waals surface area contributed by atoms with Gasteiger partial charge in [0.25, 0.3) is 0 Å². The van der Waals surface area contributed by atoms with Gasteiger partial charge in [0.1, 0.15) is 0 Å². The summed E-state index contributed by atoms with van der Waals surface area (Å²) in [7, 11) is 0. The van der Waals surface area contributed by atoms with Gasteiger partial charge in [-0.1, -0.05) is 0 Å². The predicted octanol–water partition coefficient (Wildman–Crippen LogP) is 1.59. The molecule has 0 aliphatic rings. The highest BCUT2D eigenvalue weighted by Crippen LogP contribution is 2.34. The van der Waals surface area contributed by atoms with Gasteiger partial charge in [0.05, 0.1) is 6.10 Å². The summed E-state index contributed by atoms with van der Waals surface area (Å²) in [4.78, 5) is 10.7. The van der Waals surface area contributed by atoms with Crippen molar-refractivity contribution in [3.63, 3.8) is 0 Å². The number of rotatable bonds is 3. The van der Waals surface area contributed by atoms with Gasteiger partial charge in [-0.15, -0.1) is 0 Å². The van der Waals surface area contributed by atoms with Crippen LogP contribution in [0.4, 0.5) is 0 Å². The first-order valence-corrected chi connectivity index (χ1v) is 5.56. The van der Waals surface area contributed by atoms with Crippen LogP contribution in [0.3, 0.4) is 0 Å². The van der Waals surface area contributed by atoms with Crippen LogP contribution in [-0.4, -0.2) is 27.2 Å². The van der Waals surface area contributed by atoms with Crippen molar-refractivity contribution in [1.82, 2.24) is 1.33 Å². The molecule has 0 fully saturated rings. The molecule has 11 heavy (non-hydrogen) atoms. The van der Waals surface area contributed by atoms with E-state index in [-0.39, 0.29) is 0 Å². The highest BCUT2D eigenvalue weighted by atomic mass is 127. The summed E-state index contributed by atoms with van der Waals surface area (Å²) in [6.45, 7) is 1.45. The minimum atomic E-state index is -1.25. The summed E-state index contributed by atoms with van der Waals surface area (Å²) in [5, 5.41) is 17.9. The first-order chi connectivity index (χ1) is 4.83. The van der Waals surface area contributed by atoms with Crippen LogP contribution < -0.4 is 0 Å². The Hall–Kier alpha value is 1.58.